The molecule has 4 rings (SSSR count). The van der Waals surface area contributed by atoms with E-state index < -0.39 is 22.1 Å². The lowest BCUT2D eigenvalue weighted by molar-refractivity contribution is 0.306. The van der Waals surface area contributed by atoms with Gasteiger partial charge < -0.3 is 10.1 Å². The standard InChI is InChI=1S/C24H22FN5O2S/c1-33(26,31)15-18-8-5-9-20(12-18)29-24-28-16-27-23(30-24)21-11-10-19(25)13-22(21)32-14-17-6-3-2-4-7-17/h2-13,16,26H,14-15H2,1H3,(H,27,28,29,30)/i3D,6D,14D2. The van der Waals surface area contributed by atoms with Crippen molar-refractivity contribution in [1.82, 2.24) is 15.0 Å². The number of rotatable bonds is 8. The Kier molecular flexibility index (Phi) is 5.22. The minimum atomic E-state index is -2.72. The average molecular weight is 468 g/mol. The zero-order valence-electron chi connectivity index (χ0n) is 21.5. The van der Waals surface area contributed by atoms with E-state index in [9.17, 15) is 8.60 Å². The first-order valence-corrected chi connectivity index (χ1v) is 11.9. The van der Waals surface area contributed by atoms with Crippen molar-refractivity contribution >= 4 is 21.4 Å². The summed E-state index contributed by atoms with van der Waals surface area (Å²) < 4.78 is 71.7. The van der Waals surface area contributed by atoms with Gasteiger partial charge in [0.25, 0.3) is 0 Å². The number of nitrogens with one attached hydrogen (secondary N) is 2. The normalized spacial score (nSPS) is 14.8. The lowest BCUT2D eigenvalue weighted by Gasteiger charge is -2.12. The first kappa shape index (κ1) is 17.7. The van der Waals surface area contributed by atoms with Crippen molar-refractivity contribution in [3.63, 3.8) is 0 Å². The van der Waals surface area contributed by atoms with Gasteiger partial charge in [0.1, 0.15) is 24.5 Å². The first-order valence-electron chi connectivity index (χ1n) is 11.7. The summed E-state index contributed by atoms with van der Waals surface area (Å²) in [4.78, 5) is 12.6. The molecule has 3 aromatic carbocycles. The van der Waals surface area contributed by atoms with Crippen LogP contribution in [0.1, 0.15) is 16.6 Å². The molecule has 0 bridgehead atoms. The molecular formula is C24H22FN5O2S. The van der Waals surface area contributed by atoms with Gasteiger partial charge in [0.2, 0.25) is 5.95 Å². The fraction of sp³-hybridized carbons (Fsp3) is 0.125. The highest BCUT2D eigenvalue weighted by atomic mass is 32.2. The van der Waals surface area contributed by atoms with Crippen LogP contribution in [-0.2, 0) is 22.0 Å². The molecule has 0 saturated heterocycles. The van der Waals surface area contributed by atoms with E-state index in [0.29, 0.717) is 11.3 Å². The van der Waals surface area contributed by atoms with Gasteiger partial charge in [0, 0.05) is 27.7 Å². The molecule has 1 atom stereocenters. The predicted octanol–water partition coefficient (Wildman–Crippen LogP) is 5.18. The van der Waals surface area contributed by atoms with Crippen molar-refractivity contribution in [3.05, 3.63) is 96.0 Å². The van der Waals surface area contributed by atoms with Crippen LogP contribution in [0.2, 0.25) is 0 Å². The number of hydrogen-bond acceptors (Lipinski definition) is 7. The highest BCUT2D eigenvalue weighted by Gasteiger charge is 2.13. The van der Waals surface area contributed by atoms with Crippen LogP contribution in [0.15, 0.2) is 79.1 Å². The minimum absolute atomic E-state index is 0.0718. The molecule has 1 heterocycles. The van der Waals surface area contributed by atoms with Crippen molar-refractivity contribution in [2.45, 2.75) is 12.3 Å². The summed E-state index contributed by atoms with van der Waals surface area (Å²) in [6.45, 7) is -2.55. The Morgan fingerprint density at radius 2 is 2.00 bits per heavy atom. The quantitative estimate of drug-likeness (QED) is 0.370. The summed E-state index contributed by atoms with van der Waals surface area (Å²) in [7, 11) is -2.72. The molecule has 0 spiro atoms. The van der Waals surface area contributed by atoms with Crippen molar-refractivity contribution in [2.75, 3.05) is 11.6 Å². The molecule has 2 N–H and O–H groups in total. The van der Waals surface area contributed by atoms with E-state index in [1.807, 2.05) is 0 Å². The van der Waals surface area contributed by atoms with E-state index in [4.69, 9.17) is 15.0 Å². The fourth-order valence-electron chi connectivity index (χ4n) is 2.96. The molecule has 1 unspecified atom stereocenters. The fourth-order valence-corrected chi connectivity index (χ4v) is 3.78. The van der Waals surface area contributed by atoms with Crippen molar-refractivity contribution < 1.29 is 18.8 Å². The molecule has 0 aliphatic carbocycles. The van der Waals surface area contributed by atoms with Crippen LogP contribution in [0.4, 0.5) is 16.0 Å². The van der Waals surface area contributed by atoms with Crippen LogP contribution in [0.3, 0.4) is 0 Å². The van der Waals surface area contributed by atoms with Gasteiger partial charge >= 0.3 is 0 Å². The topological polar surface area (TPSA) is 101 Å². The Morgan fingerprint density at radius 1 is 1.15 bits per heavy atom. The van der Waals surface area contributed by atoms with E-state index in [2.05, 4.69) is 20.3 Å². The third kappa shape index (κ3) is 6.33. The molecule has 168 valence electrons. The number of halogens is 1. The highest BCUT2D eigenvalue weighted by Crippen LogP contribution is 2.29. The number of anilines is 2. The summed E-state index contributed by atoms with van der Waals surface area (Å²) >= 11 is 0. The SMILES string of the molecule is [2H]c1cccc(C([2H])([2H])Oc2cc(F)ccc2-c2ncnc(Nc3cccc(CS(C)(=N)=O)c3)n2)c1[2H]. The zero-order chi connectivity index (χ0) is 26.8. The second-order valence-corrected chi connectivity index (χ2v) is 9.46. The number of nitrogens with zero attached hydrogens (tertiary/aromatic N) is 3. The summed E-state index contributed by atoms with van der Waals surface area (Å²) in [6.07, 6.45) is 2.59. The molecule has 0 saturated carbocycles. The lowest BCUT2D eigenvalue weighted by Crippen LogP contribution is -2.03. The number of hydrogen-bond donors (Lipinski definition) is 2. The third-order valence-electron chi connectivity index (χ3n) is 4.30. The number of aromatic nitrogens is 3. The van der Waals surface area contributed by atoms with Gasteiger partial charge in [0.15, 0.2) is 5.82 Å². The molecule has 0 radical (unpaired) electrons. The molecule has 4 aromatic rings. The van der Waals surface area contributed by atoms with E-state index >= 15 is 0 Å². The number of ether oxygens (including phenoxy) is 1. The Balaban J connectivity index is 1.66. The first-order chi connectivity index (χ1) is 17.4. The van der Waals surface area contributed by atoms with Gasteiger partial charge in [0.05, 0.1) is 16.8 Å². The van der Waals surface area contributed by atoms with E-state index in [-0.39, 0.29) is 46.5 Å². The Bertz CT molecular complexity index is 1570. The average Bonchev–Trinajstić information content (AvgIpc) is 2.80. The third-order valence-corrected chi connectivity index (χ3v) is 5.19. The van der Waals surface area contributed by atoms with E-state index in [1.54, 1.807) is 24.3 Å². The van der Waals surface area contributed by atoms with Gasteiger partial charge in [-0.05, 0) is 35.4 Å². The molecule has 1 aromatic heterocycles. The highest BCUT2D eigenvalue weighted by molar-refractivity contribution is 7.90. The smallest absolute Gasteiger partial charge is 0.230 e. The van der Waals surface area contributed by atoms with Gasteiger partial charge in [-0.25, -0.2) is 18.6 Å². The largest absolute Gasteiger partial charge is 0.488 e. The molecule has 33 heavy (non-hydrogen) atoms. The maximum absolute atomic E-state index is 14.1. The second-order valence-electron chi connectivity index (χ2n) is 7.16. The monoisotopic (exact) mass is 467 g/mol. The van der Waals surface area contributed by atoms with Gasteiger partial charge in [-0.3, -0.25) is 4.78 Å². The maximum atomic E-state index is 14.1. The molecule has 0 aliphatic heterocycles. The van der Waals surface area contributed by atoms with Crippen LogP contribution in [0, 0.1) is 10.6 Å². The number of benzene rings is 3. The Morgan fingerprint density at radius 3 is 2.85 bits per heavy atom. The zero-order valence-corrected chi connectivity index (χ0v) is 18.3. The molecule has 9 heteroatoms. The van der Waals surface area contributed by atoms with Crippen LogP contribution >= 0.6 is 0 Å². The summed E-state index contributed by atoms with van der Waals surface area (Å²) in [5, 5.41) is 3.01. The predicted molar refractivity (Wildman–Crippen MR) is 126 cm³/mol. The van der Waals surface area contributed by atoms with Gasteiger partial charge in [-0.2, -0.15) is 4.98 Å². The minimum Gasteiger partial charge on any atom is -0.488 e. The molecule has 0 amide bonds. The van der Waals surface area contributed by atoms with Crippen molar-refractivity contribution in [3.8, 4) is 17.1 Å². The molecule has 7 nitrogen and oxygen atoms in total. The summed E-state index contributed by atoms with van der Waals surface area (Å²) in [5.41, 5.74) is 1.28. The van der Waals surface area contributed by atoms with Crippen LogP contribution < -0.4 is 10.1 Å². The lowest BCUT2D eigenvalue weighted by atomic mass is 10.1. The van der Waals surface area contributed by atoms with Crippen molar-refractivity contribution in [1.29, 1.82) is 4.78 Å². The summed E-state index contributed by atoms with van der Waals surface area (Å²) in [6, 6.07) is 14.1. The molecule has 0 aliphatic rings. The van der Waals surface area contributed by atoms with Crippen LogP contribution in [0.25, 0.3) is 11.4 Å². The van der Waals surface area contributed by atoms with Crippen LogP contribution in [-0.4, -0.2) is 25.4 Å². The van der Waals surface area contributed by atoms with Crippen molar-refractivity contribution in [2.24, 2.45) is 0 Å². The molecule has 0 fully saturated rings. The molecular weight excluding hydrogens is 441 g/mol. The van der Waals surface area contributed by atoms with E-state index in [1.165, 1.54) is 36.8 Å². The van der Waals surface area contributed by atoms with E-state index in [0.717, 1.165) is 12.1 Å². The maximum Gasteiger partial charge on any atom is 0.230 e. The Labute approximate surface area is 197 Å². The van der Waals surface area contributed by atoms with Gasteiger partial charge in [-0.15, -0.1) is 0 Å². The van der Waals surface area contributed by atoms with Crippen LogP contribution in [0.5, 0.6) is 5.75 Å². The Hall–Kier alpha value is -3.85. The second kappa shape index (κ2) is 9.74. The summed E-state index contributed by atoms with van der Waals surface area (Å²) in [5.74, 6) is -0.582. The van der Waals surface area contributed by atoms with Gasteiger partial charge in [-0.1, -0.05) is 42.4 Å².